The van der Waals surface area contributed by atoms with Gasteiger partial charge < -0.3 is 19.7 Å². The summed E-state index contributed by atoms with van der Waals surface area (Å²) in [6, 6.07) is 11.0. The third kappa shape index (κ3) is 5.79. The Morgan fingerprint density at radius 1 is 1.15 bits per heavy atom. The first kappa shape index (κ1) is 23.4. The number of anilines is 1. The monoisotopic (exact) mass is 473 g/mol. The predicted octanol–water partition coefficient (Wildman–Crippen LogP) is 3.24. The van der Waals surface area contributed by atoms with Crippen LogP contribution in [-0.2, 0) is 11.3 Å². The van der Waals surface area contributed by atoms with Crippen molar-refractivity contribution in [3.8, 4) is 17.0 Å². The van der Waals surface area contributed by atoms with Crippen LogP contribution in [0.5, 0.6) is 5.75 Å². The van der Waals surface area contributed by atoms with Gasteiger partial charge in [-0.05, 0) is 36.4 Å². The van der Waals surface area contributed by atoms with Crippen molar-refractivity contribution in [1.29, 1.82) is 0 Å². The van der Waals surface area contributed by atoms with Crippen molar-refractivity contribution >= 4 is 11.7 Å². The van der Waals surface area contributed by atoms with Gasteiger partial charge in [0.05, 0.1) is 30.7 Å². The Bertz CT molecular complexity index is 1110. The number of amides is 1. The van der Waals surface area contributed by atoms with Crippen LogP contribution in [0, 0.1) is 0 Å². The molecule has 1 aliphatic rings. The number of morpholine rings is 1. The number of hydrogen-bond donors (Lipinski definition) is 1. The number of halogens is 3. The molecular weight excluding hydrogens is 451 g/mol. The van der Waals surface area contributed by atoms with E-state index in [-0.39, 0.29) is 18.2 Å². The minimum atomic E-state index is -3.24. The summed E-state index contributed by atoms with van der Waals surface area (Å²) in [7, 11) is 0. The molecule has 178 valence electrons. The van der Waals surface area contributed by atoms with E-state index in [4.69, 9.17) is 4.74 Å². The van der Waals surface area contributed by atoms with Gasteiger partial charge in [-0.2, -0.15) is 14.6 Å². The molecular formula is C23H22F3N5O3. The van der Waals surface area contributed by atoms with Crippen LogP contribution in [0.15, 0.2) is 54.9 Å². The lowest BCUT2D eigenvalue weighted by molar-refractivity contribution is -0.0668. The van der Waals surface area contributed by atoms with Crippen molar-refractivity contribution in [3.63, 3.8) is 0 Å². The summed E-state index contributed by atoms with van der Waals surface area (Å²) in [6.07, 6.45) is -2.88. The molecule has 1 aliphatic heterocycles. The minimum absolute atomic E-state index is 0.0500. The maximum Gasteiger partial charge on any atom is 0.304 e. The highest BCUT2D eigenvalue weighted by atomic mass is 19.3. The number of benzene rings is 1. The first-order chi connectivity index (χ1) is 16.5. The molecule has 0 saturated carbocycles. The number of nitrogens with one attached hydrogen (secondary N) is 1. The average Bonchev–Trinajstić information content (AvgIpc) is 2.88. The summed E-state index contributed by atoms with van der Waals surface area (Å²) in [5.74, 6) is 0.417. The van der Waals surface area contributed by atoms with Crippen LogP contribution >= 0.6 is 0 Å². The molecule has 0 radical (unpaired) electrons. The van der Waals surface area contributed by atoms with Gasteiger partial charge in [-0.3, -0.25) is 4.79 Å². The van der Waals surface area contributed by atoms with Crippen LogP contribution in [0.2, 0.25) is 0 Å². The quantitative estimate of drug-likeness (QED) is 0.537. The molecule has 4 rings (SSSR count). The highest BCUT2D eigenvalue weighted by molar-refractivity contribution is 5.94. The molecule has 1 amide bonds. The Morgan fingerprint density at radius 2 is 1.91 bits per heavy atom. The highest BCUT2D eigenvalue weighted by Gasteiger charge is 2.21. The molecule has 1 saturated heterocycles. The van der Waals surface area contributed by atoms with E-state index in [0.717, 1.165) is 24.5 Å². The first-order valence-corrected chi connectivity index (χ1v) is 10.6. The van der Waals surface area contributed by atoms with Crippen LogP contribution in [0.3, 0.4) is 0 Å². The first-order valence-electron chi connectivity index (χ1n) is 10.6. The molecule has 0 bridgehead atoms. The van der Waals surface area contributed by atoms with Crippen LogP contribution in [0.4, 0.5) is 19.0 Å². The van der Waals surface area contributed by atoms with E-state index in [1.807, 2.05) is 12.1 Å². The highest BCUT2D eigenvalue weighted by Crippen LogP contribution is 2.23. The molecule has 1 unspecified atom stereocenters. The summed E-state index contributed by atoms with van der Waals surface area (Å²) >= 11 is 0. The van der Waals surface area contributed by atoms with E-state index in [2.05, 4.69) is 30.1 Å². The molecule has 1 N–H and O–H groups in total. The van der Waals surface area contributed by atoms with Crippen LogP contribution in [0.25, 0.3) is 11.3 Å². The van der Waals surface area contributed by atoms with Crippen molar-refractivity contribution in [1.82, 2.24) is 20.5 Å². The van der Waals surface area contributed by atoms with Gasteiger partial charge in [0.15, 0.2) is 0 Å². The lowest BCUT2D eigenvalue weighted by atomic mass is 10.1. The number of carbonyl (C=O) groups is 1. The van der Waals surface area contributed by atoms with E-state index >= 15 is 0 Å². The molecule has 34 heavy (non-hydrogen) atoms. The number of pyridine rings is 1. The number of alkyl halides is 3. The fourth-order valence-corrected chi connectivity index (χ4v) is 3.42. The summed E-state index contributed by atoms with van der Waals surface area (Å²) in [5, 5.41) is 10.8. The summed E-state index contributed by atoms with van der Waals surface area (Å²) in [4.78, 5) is 19.3. The number of rotatable bonds is 8. The van der Waals surface area contributed by atoms with E-state index in [0.29, 0.717) is 30.0 Å². The van der Waals surface area contributed by atoms with E-state index < -0.39 is 12.8 Å². The maximum atomic E-state index is 13.1. The topological polar surface area (TPSA) is 89.5 Å². The second-order valence-corrected chi connectivity index (χ2v) is 7.43. The molecule has 3 heterocycles. The zero-order valence-corrected chi connectivity index (χ0v) is 18.0. The van der Waals surface area contributed by atoms with Gasteiger partial charge in [0.2, 0.25) is 0 Å². The Morgan fingerprint density at radius 3 is 2.65 bits per heavy atom. The normalized spacial score (nSPS) is 14.6. The summed E-state index contributed by atoms with van der Waals surface area (Å²) < 4.78 is 47.6. The van der Waals surface area contributed by atoms with E-state index in [9.17, 15) is 18.0 Å². The van der Waals surface area contributed by atoms with Gasteiger partial charge in [-0.15, -0.1) is 0 Å². The lowest BCUT2D eigenvalue weighted by Gasteiger charge is -2.29. The molecule has 0 aliphatic carbocycles. The van der Waals surface area contributed by atoms with Crippen molar-refractivity contribution in [2.45, 2.75) is 19.3 Å². The van der Waals surface area contributed by atoms with Gasteiger partial charge in [-0.25, -0.2) is 13.8 Å². The molecule has 0 spiro atoms. The number of hydrogen-bond acceptors (Lipinski definition) is 7. The van der Waals surface area contributed by atoms with Crippen LogP contribution in [-0.4, -0.2) is 60.2 Å². The molecule has 1 fully saturated rings. The van der Waals surface area contributed by atoms with E-state index in [1.54, 1.807) is 12.3 Å². The number of nitrogens with zero attached hydrogens (tertiary/aromatic N) is 4. The molecule has 8 nitrogen and oxygen atoms in total. The predicted molar refractivity (Wildman–Crippen MR) is 117 cm³/mol. The van der Waals surface area contributed by atoms with Crippen LogP contribution < -0.4 is 15.0 Å². The molecule has 11 heteroatoms. The molecule has 3 aromatic rings. The third-order valence-corrected chi connectivity index (χ3v) is 5.13. The SMILES string of the molecule is O=C(NCc1cccnc1N1CCOCC1)c1cnnc(-c2ccc(OC(F)C(F)F)cc2)c1. The number of aromatic nitrogens is 3. The van der Waals surface area contributed by atoms with Crippen molar-refractivity contribution in [2.24, 2.45) is 0 Å². The largest absolute Gasteiger partial charge is 0.454 e. The van der Waals surface area contributed by atoms with Gasteiger partial charge >= 0.3 is 6.43 Å². The fourth-order valence-electron chi connectivity index (χ4n) is 3.42. The Balaban J connectivity index is 1.42. The van der Waals surface area contributed by atoms with Gasteiger partial charge in [0.1, 0.15) is 11.6 Å². The van der Waals surface area contributed by atoms with Crippen molar-refractivity contribution < 1.29 is 27.4 Å². The summed E-state index contributed by atoms with van der Waals surface area (Å²) in [5.41, 5.74) is 2.12. The average molecular weight is 473 g/mol. The third-order valence-electron chi connectivity index (χ3n) is 5.13. The van der Waals surface area contributed by atoms with Gasteiger partial charge in [0.25, 0.3) is 12.3 Å². The smallest absolute Gasteiger partial charge is 0.304 e. The van der Waals surface area contributed by atoms with Crippen molar-refractivity contribution in [3.05, 3.63) is 66.0 Å². The van der Waals surface area contributed by atoms with Gasteiger partial charge in [-0.1, -0.05) is 6.07 Å². The molecule has 1 aromatic carbocycles. The minimum Gasteiger partial charge on any atom is -0.454 e. The Labute approximate surface area is 193 Å². The zero-order chi connectivity index (χ0) is 23.9. The maximum absolute atomic E-state index is 13.1. The fraction of sp³-hybridized carbons (Fsp3) is 0.304. The lowest BCUT2D eigenvalue weighted by Crippen LogP contribution is -2.37. The standard InChI is InChI=1S/C23H22F3N5O3/c24-20(25)21(26)34-18-5-3-15(4-6-18)19-12-17(14-29-30-19)23(32)28-13-16-2-1-7-27-22(16)31-8-10-33-11-9-31/h1-7,12,14,20-21H,8-11,13H2,(H,28,32). The Hall–Kier alpha value is -3.73. The van der Waals surface area contributed by atoms with Gasteiger partial charge in [0, 0.05) is 37.0 Å². The Kier molecular flexibility index (Phi) is 7.53. The second-order valence-electron chi connectivity index (χ2n) is 7.43. The molecule has 1 atom stereocenters. The molecule has 2 aromatic heterocycles. The number of ether oxygens (including phenoxy) is 2. The zero-order valence-electron chi connectivity index (χ0n) is 18.0. The second kappa shape index (κ2) is 10.9. The summed E-state index contributed by atoms with van der Waals surface area (Å²) in [6.45, 7) is 2.99. The number of carbonyl (C=O) groups excluding carboxylic acids is 1. The van der Waals surface area contributed by atoms with Crippen molar-refractivity contribution in [2.75, 3.05) is 31.2 Å². The van der Waals surface area contributed by atoms with Crippen LogP contribution in [0.1, 0.15) is 15.9 Å². The van der Waals surface area contributed by atoms with E-state index in [1.165, 1.54) is 30.5 Å².